The Morgan fingerprint density at radius 3 is 2.23 bits per heavy atom. The van der Waals surface area contributed by atoms with Crippen LogP contribution in [0.5, 0.6) is 0 Å². The summed E-state index contributed by atoms with van der Waals surface area (Å²) in [5, 5.41) is 0. The molecule has 0 atom stereocenters. The van der Waals surface area contributed by atoms with Gasteiger partial charge in [-0.05, 0) is 45.7 Å². The summed E-state index contributed by atoms with van der Waals surface area (Å²) in [5.41, 5.74) is 0.829. The Balaban J connectivity index is 1.93. The first kappa shape index (κ1) is 16.8. The molecule has 1 aromatic carbocycles. The predicted octanol–water partition coefficient (Wildman–Crippen LogP) is 3.31. The molecule has 0 amide bonds. The van der Waals surface area contributed by atoms with Gasteiger partial charge < -0.3 is 14.0 Å². The number of hydrogen-bond donors (Lipinski definition) is 0. The van der Waals surface area contributed by atoms with Crippen LogP contribution in [-0.2, 0) is 25.4 Å². The lowest BCUT2D eigenvalue weighted by molar-refractivity contribution is -0.139. The molecule has 22 heavy (non-hydrogen) atoms. The lowest BCUT2D eigenvalue weighted by Crippen LogP contribution is -2.41. The lowest BCUT2D eigenvalue weighted by atomic mass is 9.79. The minimum Gasteiger partial charge on any atom is -0.458 e. The van der Waals surface area contributed by atoms with Gasteiger partial charge in [0.05, 0.1) is 11.2 Å². The highest BCUT2D eigenvalue weighted by atomic mass is 16.7. The molecule has 0 aliphatic carbocycles. The maximum atomic E-state index is 11.9. The van der Waals surface area contributed by atoms with Crippen LogP contribution in [0.15, 0.2) is 41.9 Å². The molecule has 0 bridgehead atoms. The fourth-order valence-electron chi connectivity index (χ4n) is 2.05. The van der Waals surface area contributed by atoms with Crippen molar-refractivity contribution >= 4 is 13.1 Å². The summed E-state index contributed by atoms with van der Waals surface area (Å²) in [6.07, 6.45) is 1.44. The molecule has 1 aliphatic heterocycles. The van der Waals surface area contributed by atoms with Crippen LogP contribution in [0.4, 0.5) is 0 Å². The zero-order valence-corrected chi connectivity index (χ0v) is 13.9. The quantitative estimate of drug-likeness (QED) is 0.486. The number of benzene rings is 1. The largest absolute Gasteiger partial charge is 0.490 e. The number of carbonyl (C=O) groups is 1. The van der Waals surface area contributed by atoms with E-state index in [0.29, 0.717) is 5.47 Å². The third-order valence-electron chi connectivity index (χ3n) is 4.19. The van der Waals surface area contributed by atoms with Crippen LogP contribution in [0.3, 0.4) is 0 Å². The topological polar surface area (TPSA) is 44.8 Å². The van der Waals surface area contributed by atoms with E-state index in [0.717, 1.165) is 5.56 Å². The molecular weight excluding hydrogens is 279 g/mol. The molecule has 1 aliphatic rings. The number of ether oxygens (including phenoxy) is 1. The molecule has 0 radical (unpaired) electrons. The maximum absolute atomic E-state index is 11.9. The van der Waals surface area contributed by atoms with E-state index in [-0.39, 0.29) is 6.61 Å². The molecule has 118 valence electrons. The van der Waals surface area contributed by atoms with E-state index in [1.54, 1.807) is 0 Å². The first-order valence-electron chi connectivity index (χ1n) is 7.46. The molecule has 0 N–H and O–H groups in total. The van der Waals surface area contributed by atoms with Gasteiger partial charge in [0.2, 0.25) is 0 Å². The van der Waals surface area contributed by atoms with E-state index in [4.69, 9.17) is 14.0 Å². The Morgan fingerprint density at radius 1 is 1.14 bits per heavy atom. The summed E-state index contributed by atoms with van der Waals surface area (Å²) in [7, 11) is -0.519. The third kappa shape index (κ3) is 3.78. The maximum Gasteiger partial charge on any atom is 0.490 e. The van der Waals surface area contributed by atoms with Crippen molar-refractivity contribution in [2.45, 2.75) is 52.4 Å². The fourth-order valence-corrected chi connectivity index (χ4v) is 2.05. The molecule has 1 saturated heterocycles. The van der Waals surface area contributed by atoms with E-state index >= 15 is 0 Å². The SMILES string of the molecule is C/C(=C/C(=O)OCc1ccccc1)B1OC(C)(C)C(C)(C)O1. The number of rotatable bonds is 4. The van der Waals surface area contributed by atoms with Crippen molar-refractivity contribution in [3.8, 4) is 0 Å². The zero-order chi connectivity index (χ0) is 16.4. The van der Waals surface area contributed by atoms with Crippen molar-refractivity contribution < 1.29 is 18.8 Å². The van der Waals surface area contributed by atoms with Gasteiger partial charge in [-0.15, -0.1) is 0 Å². The Labute approximate surface area is 132 Å². The van der Waals surface area contributed by atoms with Crippen LogP contribution in [0, 0.1) is 0 Å². The van der Waals surface area contributed by atoms with Gasteiger partial charge in [0, 0.05) is 6.08 Å². The van der Waals surface area contributed by atoms with Gasteiger partial charge in [0.15, 0.2) is 0 Å². The number of esters is 1. The van der Waals surface area contributed by atoms with Gasteiger partial charge >= 0.3 is 13.1 Å². The van der Waals surface area contributed by atoms with E-state index in [1.165, 1.54) is 6.08 Å². The molecule has 1 heterocycles. The Morgan fingerprint density at radius 2 is 1.68 bits per heavy atom. The predicted molar refractivity (Wildman–Crippen MR) is 86.1 cm³/mol. The highest BCUT2D eigenvalue weighted by Crippen LogP contribution is 2.38. The first-order chi connectivity index (χ1) is 10.2. The number of allylic oxidation sites excluding steroid dienone is 1. The van der Waals surface area contributed by atoms with Crippen molar-refractivity contribution in [2.24, 2.45) is 0 Å². The minimum absolute atomic E-state index is 0.257. The first-order valence-corrected chi connectivity index (χ1v) is 7.46. The summed E-state index contributed by atoms with van der Waals surface area (Å²) in [5.74, 6) is -0.393. The van der Waals surface area contributed by atoms with E-state index in [9.17, 15) is 4.79 Å². The molecule has 0 unspecified atom stereocenters. The summed E-state index contributed by atoms with van der Waals surface area (Å²) in [4.78, 5) is 11.9. The Bertz CT molecular complexity index is 547. The second kappa shape index (κ2) is 6.27. The fraction of sp³-hybridized carbons (Fsp3) is 0.471. The summed E-state index contributed by atoms with van der Waals surface area (Å²) in [6, 6.07) is 9.58. The molecule has 1 aromatic rings. The van der Waals surface area contributed by atoms with Gasteiger partial charge in [-0.3, -0.25) is 0 Å². The zero-order valence-electron chi connectivity index (χ0n) is 13.9. The highest BCUT2D eigenvalue weighted by molar-refractivity contribution is 6.54. The van der Waals surface area contributed by atoms with E-state index in [2.05, 4.69) is 0 Å². The molecular formula is C17H23BO4. The monoisotopic (exact) mass is 302 g/mol. The number of carbonyl (C=O) groups excluding carboxylic acids is 1. The van der Waals surface area contributed by atoms with Crippen molar-refractivity contribution in [3.63, 3.8) is 0 Å². The van der Waals surface area contributed by atoms with E-state index < -0.39 is 24.3 Å². The molecule has 0 spiro atoms. The van der Waals surface area contributed by atoms with Crippen LogP contribution in [0.1, 0.15) is 40.2 Å². The summed E-state index contributed by atoms with van der Waals surface area (Å²) < 4.78 is 17.0. The van der Waals surface area contributed by atoms with Gasteiger partial charge in [0.25, 0.3) is 0 Å². The van der Waals surface area contributed by atoms with Crippen molar-refractivity contribution in [1.29, 1.82) is 0 Å². The standard InChI is InChI=1S/C17H23BO4/c1-13(18-21-16(2,3)17(4,5)22-18)11-15(19)20-12-14-9-7-6-8-10-14/h6-11H,12H2,1-5H3/b13-11-. The van der Waals surface area contributed by atoms with Crippen molar-refractivity contribution in [1.82, 2.24) is 0 Å². The molecule has 0 saturated carbocycles. The average molecular weight is 302 g/mol. The van der Waals surface area contributed by atoms with E-state index in [1.807, 2.05) is 65.0 Å². The van der Waals surface area contributed by atoms with Crippen LogP contribution in [0.25, 0.3) is 0 Å². The smallest absolute Gasteiger partial charge is 0.458 e. The Hall–Kier alpha value is -1.59. The van der Waals surface area contributed by atoms with Gasteiger partial charge in [-0.25, -0.2) is 4.79 Å². The van der Waals surface area contributed by atoms with Crippen LogP contribution in [-0.4, -0.2) is 24.3 Å². The Kier molecular flexibility index (Phi) is 4.78. The van der Waals surface area contributed by atoms with Crippen LogP contribution >= 0.6 is 0 Å². The molecule has 4 nitrogen and oxygen atoms in total. The average Bonchev–Trinajstić information content (AvgIpc) is 2.66. The normalized spacial score (nSPS) is 20.0. The third-order valence-corrected chi connectivity index (χ3v) is 4.19. The molecule has 5 heteroatoms. The molecule has 0 aromatic heterocycles. The van der Waals surface area contributed by atoms with Gasteiger partial charge in [-0.2, -0.15) is 0 Å². The van der Waals surface area contributed by atoms with Gasteiger partial charge in [-0.1, -0.05) is 30.3 Å². The molecule has 1 fully saturated rings. The summed E-state index contributed by atoms with van der Waals surface area (Å²) in [6.45, 7) is 9.99. The minimum atomic E-state index is -0.519. The summed E-state index contributed by atoms with van der Waals surface area (Å²) >= 11 is 0. The second-order valence-electron chi connectivity index (χ2n) is 6.57. The van der Waals surface area contributed by atoms with Crippen molar-refractivity contribution in [2.75, 3.05) is 0 Å². The lowest BCUT2D eigenvalue weighted by Gasteiger charge is -2.32. The molecule has 2 rings (SSSR count). The highest BCUT2D eigenvalue weighted by Gasteiger charge is 2.51. The van der Waals surface area contributed by atoms with Crippen LogP contribution < -0.4 is 0 Å². The van der Waals surface area contributed by atoms with Crippen LogP contribution in [0.2, 0.25) is 0 Å². The van der Waals surface area contributed by atoms with Gasteiger partial charge in [0.1, 0.15) is 6.61 Å². The van der Waals surface area contributed by atoms with Crippen molar-refractivity contribution in [3.05, 3.63) is 47.4 Å². The number of hydrogen-bond acceptors (Lipinski definition) is 4. The second-order valence-corrected chi connectivity index (χ2v) is 6.57.